The number of methoxy groups -OCH3 is 4. The highest BCUT2D eigenvalue weighted by molar-refractivity contribution is 5.78. The molecule has 0 aromatic heterocycles. The van der Waals surface area contributed by atoms with Gasteiger partial charge in [0.1, 0.15) is 0 Å². The minimum atomic E-state index is -0.0413. The molecule has 146 valence electrons. The minimum Gasteiger partial charge on any atom is -0.493 e. The number of aryl methyl sites for hydroxylation is 1. The molecule has 6 heteroatoms. The van der Waals surface area contributed by atoms with Crippen LogP contribution in [-0.4, -0.2) is 40.9 Å². The Bertz CT molecular complexity index is 788. The van der Waals surface area contributed by atoms with Gasteiger partial charge in [-0.2, -0.15) is 0 Å². The normalized spacial score (nSPS) is 10.3. The Hall–Kier alpha value is -2.89. The van der Waals surface area contributed by atoms with Gasteiger partial charge < -0.3 is 24.3 Å². The van der Waals surface area contributed by atoms with Crippen molar-refractivity contribution >= 4 is 5.91 Å². The summed E-state index contributed by atoms with van der Waals surface area (Å²) >= 11 is 0. The zero-order chi connectivity index (χ0) is 19.8. The van der Waals surface area contributed by atoms with Gasteiger partial charge in [0, 0.05) is 6.54 Å². The standard InChI is InChI=1S/C21H27NO5/c1-14-10-18(25-3)20(27-5)13-16(14)8-9-22-21(23)12-15-6-7-17(24-2)19(11-15)26-4/h6-7,10-11,13H,8-9,12H2,1-5H3,(H,22,23). The lowest BCUT2D eigenvalue weighted by molar-refractivity contribution is -0.120. The van der Waals surface area contributed by atoms with Gasteiger partial charge in [-0.1, -0.05) is 6.07 Å². The molecule has 0 aliphatic carbocycles. The fraction of sp³-hybridized carbons (Fsp3) is 0.381. The highest BCUT2D eigenvalue weighted by Gasteiger charge is 2.10. The highest BCUT2D eigenvalue weighted by Crippen LogP contribution is 2.30. The Morgan fingerprint density at radius 2 is 1.44 bits per heavy atom. The van der Waals surface area contributed by atoms with E-state index in [0.29, 0.717) is 36.0 Å². The first-order chi connectivity index (χ1) is 13.0. The van der Waals surface area contributed by atoms with Gasteiger partial charge in [-0.05, 0) is 54.3 Å². The summed E-state index contributed by atoms with van der Waals surface area (Å²) in [5.74, 6) is 2.61. The zero-order valence-electron chi connectivity index (χ0n) is 16.5. The molecule has 0 aliphatic heterocycles. The summed E-state index contributed by atoms with van der Waals surface area (Å²) < 4.78 is 21.1. The molecule has 27 heavy (non-hydrogen) atoms. The second-order valence-electron chi connectivity index (χ2n) is 6.10. The largest absolute Gasteiger partial charge is 0.493 e. The summed E-state index contributed by atoms with van der Waals surface area (Å²) in [7, 11) is 6.39. The van der Waals surface area contributed by atoms with Gasteiger partial charge in [0.2, 0.25) is 5.91 Å². The third kappa shape index (κ3) is 5.29. The van der Waals surface area contributed by atoms with Crippen molar-refractivity contribution in [1.29, 1.82) is 0 Å². The molecular weight excluding hydrogens is 346 g/mol. The minimum absolute atomic E-state index is 0.0413. The SMILES string of the molecule is COc1ccc(CC(=O)NCCc2cc(OC)c(OC)cc2C)cc1OC. The number of carbonyl (C=O) groups excluding carboxylic acids is 1. The first kappa shape index (κ1) is 20.4. The number of nitrogens with one attached hydrogen (secondary N) is 1. The maximum absolute atomic E-state index is 12.2. The average molecular weight is 373 g/mol. The molecular formula is C21H27NO5. The Morgan fingerprint density at radius 3 is 2.07 bits per heavy atom. The lowest BCUT2D eigenvalue weighted by Gasteiger charge is -2.13. The zero-order valence-corrected chi connectivity index (χ0v) is 16.5. The number of hydrogen-bond donors (Lipinski definition) is 1. The Morgan fingerprint density at radius 1 is 0.852 bits per heavy atom. The van der Waals surface area contributed by atoms with E-state index < -0.39 is 0 Å². The smallest absolute Gasteiger partial charge is 0.224 e. The molecule has 0 atom stereocenters. The van der Waals surface area contributed by atoms with Gasteiger partial charge in [0.05, 0.1) is 34.9 Å². The van der Waals surface area contributed by atoms with E-state index in [1.54, 1.807) is 34.5 Å². The molecule has 2 aromatic rings. The van der Waals surface area contributed by atoms with Crippen LogP contribution in [0.5, 0.6) is 23.0 Å². The van der Waals surface area contributed by atoms with Crippen LogP contribution in [0.15, 0.2) is 30.3 Å². The summed E-state index contributed by atoms with van der Waals surface area (Å²) in [6.45, 7) is 2.56. The Balaban J connectivity index is 1.93. The molecule has 6 nitrogen and oxygen atoms in total. The van der Waals surface area contributed by atoms with Crippen LogP contribution in [0.3, 0.4) is 0 Å². The summed E-state index contributed by atoms with van der Waals surface area (Å²) in [4.78, 5) is 12.2. The third-order valence-electron chi connectivity index (χ3n) is 4.37. The summed E-state index contributed by atoms with van der Waals surface area (Å²) in [6, 6.07) is 9.37. The topological polar surface area (TPSA) is 66.0 Å². The van der Waals surface area contributed by atoms with Crippen molar-refractivity contribution in [2.24, 2.45) is 0 Å². The van der Waals surface area contributed by atoms with Gasteiger partial charge in [-0.25, -0.2) is 0 Å². The summed E-state index contributed by atoms with van der Waals surface area (Å²) in [6.07, 6.45) is 0.995. The average Bonchev–Trinajstić information content (AvgIpc) is 2.68. The molecule has 0 aliphatic rings. The van der Waals surface area contributed by atoms with E-state index in [9.17, 15) is 4.79 Å². The maximum atomic E-state index is 12.2. The molecule has 2 rings (SSSR count). The van der Waals surface area contributed by atoms with Crippen LogP contribution in [0.2, 0.25) is 0 Å². The van der Waals surface area contributed by atoms with Crippen LogP contribution >= 0.6 is 0 Å². The number of benzene rings is 2. The summed E-state index contributed by atoms with van der Waals surface area (Å²) in [5.41, 5.74) is 3.08. The molecule has 0 spiro atoms. The van der Waals surface area contributed by atoms with Crippen molar-refractivity contribution in [3.63, 3.8) is 0 Å². The van der Waals surface area contributed by atoms with E-state index >= 15 is 0 Å². The molecule has 1 N–H and O–H groups in total. The van der Waals surface area contributed by atoms with Crippen LogP contribution < -0.4 is 24.3 Å². The van der Waals surface area contributed by atoms with E-state index in [1.807, 2.05) is 31.2 Å². The van der Waals surface area contributed by atoms with Gasteiger partial charge in [0.25, 0.3) is 0 Å². The van der Waals surface area contributed by atoms with Crippen LogP contribution in [0, 0.1) is 6.92 Å². The van der Waals surface area contributed by atoms with Crippen LogP contribution in [0.1, 0.15) is 16.7 Å². The van der Waals surface area contributed by atoms with E-state index in [0.717, 1.165) is 16.7 Å². The monoisotopic (exact) mass is 373 g/mol. The number of rotatable bonds is 9. The number of carbonyl (C=O) groups is 1. The van der Waals surface area contributed by atoms with Crippen molar-refractivity contribution in [2.45, 2.75) is 19.8 Å². The van der Waals surface area contributed by atoms with Crippen molar-refractivity contribution in [3.05, 3.63) is 47.0 Å². The molecule has 0 radical (unpaired) electrons. The molecule has 1 amide bonds. The first-order valence-corrected chi connectivity index (χ1v) is 8.71. The van der Waals surface area contributed by atoms with Crippen LogP contribution in [-0.2, 0) is 17.6 Å². The second-order valence-corrected chi connectivity index (χ2v) is 6.10. The predicted molar refractivity (Wildman–Crippen MR) is 104 cm³/mol. The molecule has 0 bridgehead atoms. The maximum Gasteiger partial charge on any atom is 0.224 e. The van der Waals surface area contributed by atoms with Gasteiger partial charge in [-0.15, -0.1) is 0 Å². The van der Waals surface area contributed by atoms with E-state index in [1.165, 1.54) is 0 Å². The van der Waals surface area contributed by atoms with Crippen molar-refractivity contribution in [2.75, 3.05) is 35.0 Å². The van der Waals surface area contributed by atoms with Crippen molar-refractivity contribution in [1.82, 2.24) is 5.32 Å². The highest BCUT2D eigenvalue weighted by atomic mass is 16.5. The van der Waals surface area contributed by atoms with Gasteiger partial charge in [0.15, 0.2) is 23.0 Å². The Kier molecular flexibility index (Phi) is 7.34. The Labute approximate surface area is 160 Å². The number of amides is 1. The lowest BCUT2D eigenvalue weighted by Crippen LogP contribution is -2.27. The summed E-state index contributed by atoms with van der Waals surface area (Å²) in [5, 5.41) is 2.96. The van der Waals surface area contributed by atoms with E-state index in [2.05, 4.69) is 5.32 Å². The first-order valence-electron chi connectivity index (χ1n) is 8.71. The van der Waals surface area contributed by atoms with E-state index in [-0.39, 0.29) is 12.3 Å². The van der Waals surface area contributed by atoms with E-state index in [4.69, 9.17) is 18.9 Å². The van der Waals surface area contributed by atoms with Gasteiger partial charge >= 0.3 is 0 Å². The second kappa shape index (κ2) is 9.71. The molecule has 2 aromatic carbocycles. The third-order valence-corrected chi connectivity index (χ3v) is 4.37. The fourth-order valence-electron chi connectivity index (χ4n) is 2.87. The molecule has 0 unspecified atom stereocenters. The molecule has 0 heterocycles. The fourth-order valence-corrected chi connectivity index (χ4v) is 2.87. The number of hydrogen-bond acceptors (Lipinski definition) is 5. The van der Waals surface area contributed by atoms with Crippen molar-refractivity contribution in [3.8, 4) is 23.0 Å². The van der Waals surface area contributed by atoms with Crippen molar-refractivity contribution < 1.29 is 23.7 Å². The number of ether oxygens (including phenoxy) is 4. The van der Waals surface area contributed by atoms with Crippen LogP contribution in [0.25, 0.3) is 0 Å². The quantitative estimate of drug-likeness (QED) is 0.732. The predicted octanol–water partition coefficient (Wildman–Crippen LogP) is 2.93. The molecule has 0 fully saturated rings. The molecule has 0 saturated carbocycles. The van der Waals surface area contributed by atoms with Crippen LogP contribution in [0.4, 0.5) is 0 Å². The lowest BCUT2D eigenvalue weighted by atomic mass is 10.0. The molecule has 0 saturated heterocycles. The van der Waals surface area contributed by atoms with Gasteiger partial charge in [-0.3, -0.25) is 4.79 Å².